The second-order valence-electron chi connectivity index (χ2n) is 4.89. The highest BCUT2D eigenvalue weighted by Crippen LogP contribution is 2.25. The molecular weight excluding hydrogens is 240 g/mol. The summed E-state index contributed by atoms with van der Waals surface area (Å²) in [5, 5.41) is 12.8. The third-order valence-electron chi connectivity index (χ3n) is 3.65. The maximum atomic E-state index is 12.1. The standard InChI is InChI=1S/C15H14N2O2/c16-9-11-5-3-6-12(11)17-15(18)14-8-10-4-1-2-7-13(10)19-14/h1-2,4,7-8,11-12H,3,5-6H2,(H,17,18). The molecule has 2 aromatic rings. The van der Waals surface area contributed by atoms with Gasteiger partial charge in [-0.1, -0.05) is 18.2 Å². The minimum Gasteiger partial charge on any atom is -0.451 e. The van der Waals surface area contributed by atoms with Crippen molar-refractivity contribution in [1.29, 1.82) is 5.26 Å². The number of nitrogens with one attached hydrogen (secondary N) is 1. The summed E-state index contributed by atoms with van der Waals surface area (Å²) in [5.74, 6) is 0.00136. The van der Waals surface area contributed by atoms with E-state index in [-0.39, 0.29) is 17.9 Å². The van der Waals surface area contributed by atoms with Crippen molar-refractivity contribution in [1.82, 2.24) is 5.32 Å². The summed E-state index contributed by atoms with van der Waals surface area (Å²) in [7, 11) is 0. The SMILES string of the molecule is N#CC1CCCC1NC(=O)c1cc2ccccc2o1. The molecular formula is C15H14N2O2. The van der Waals surface area contributed by atoms with Gasteiger partial charge in [-0.2, -0.15) is 5.26 Å². The van der Waals surface area contributed by atoms with Crippen molar-refractivity contribution in [3.05, 3.63) is 36.1 Å². The molecule has 4 heteroatoms. The van der Waals surface area contributed by atoms with E-state index in [1.54, 1.807) is 6.07 Å². The van der Waals surface area contributed by atoms with Crippen LogP contribution >= 0.6 is 0 Å². The zero-order chi connectivity index (χ0) is 13.2. The molecule has 1 amide bonds. The van der Waals surface area contributed by atoms with E-state index in [1.807, 2.05) is 24.3 Å². The van der Waals surface area contributed by atoms with Crippen LogP contribution in [-0.2, 0) is 0 Å². The predicted molar refractivity (Wildman–Crippen MR) is 70.4 cm³/mol. The first kappa shape index (κ1) is 11.8. The number of nitrogens with zero attached hydrogens (tertiary/aromatic N) is 1. The van der Waals surface area contributed by atoms with Crippen LogP contribution < -0.4 is 5.32 Å². The number of fused-ring (bicyclic) bond motifs is 1. The summed E-state index contributed by atoms with van der Waals surface area (Å²) < 4.78 is 5.51. The molecule has 96 valence electrons. The highest BCUT2D eigenvalue weighted by molar-refractivity contribution is 5.96. The summed E-state index contributed by atoms with van der Waals surface area (Å²) in [4.78, 5) is 12.1. The number of rotatable bonds is 2. The molecule has 1 aromatic carbocycles. The Morgan fingerprint density at radius 3 is 3.00 bits per heavy atom. The highest BCUT2D eigenvalue weighted by atomic mass is 16.3. The lowest BCUT2D eigenvalue weighted by atomic mass is 10.1. The second kappa shape index (κ2) is 4.77. The summed E-state index contributed by atoms with van der Waals surface area (Å²) in [6.07, 6.45) is 2.72. The zero-order valence-corrected chi connectivity index (χ0v) is 10.4. The van der Waals surface area contributed by atoms with Crippen LogP contribution in [0.3, 0.4) is 0 Å². The maximum Gasteiger partial charge on any atom is 0.287 e. The largest absolute Gasteiger partial charge is 0.451 e. The van der Waals surface area contributed by atoms with Crippen molar-refractivity contribution < 1.29 is 9.21 Å². The van der Waals surface area contributed by atoms with Crippen LogP contribution in [0.1, 0.15) is 29.8 Å². The van der Waals surface area contributed by atoms with E-state index in [0.717, 1.165) is 24.6 Å². The van der Waals surface area contributed by atoms with E-state index in [2.05, 4.69) is 11.4 Å². The number of carbonyl (C=O) groups is 1. The first-order valence-electron chi connectivity index (χ1n) is 6.47. The Kier molecular flexibility index (Phi) is 2.96. The Morgan fingerprint density at radius 1 is 1.37 bits per heavy atom. The molecule has 1 aliphatic carbocycles. The van der Waals surface area contributed by atoms with Crippen LogP contribution in [0, 0.1) is 17.2 Å². The molecule has 1 N–H and O–H groups in total. The average Bonchev–Trinajstić information content (AvgIpc) is 3.03. The molecule has 1 saturated carbocycles. The van der Waals surface area contributed by atoms with Gasteiger partial charge in [-0.25, -0.2) is 0 Å². The normalized spacial score (nSPS) is 22.3. The van der Waals surface area contributed by atoms with E-state index in [4.69, 9.17) is 9.68 Å². The summed E-state index contributed by atoms with van der Waals surface area (Å²) in [6.45, 7) is 0. The number of furan rings is 1. The van der Waals surface area contributed by atoms with Gasteiger partial charge in [0.2, 0.25) is 0 Å². The minimum absolute atomic E-state index is 0.0503. The van der Waals surface area contributed by atoms with E-state index in [9.17, 15) is 4.79 Å². The van der Waals surface area contributed by atoms with Gasteiger partial charge in [-0.15, -0.1) is 0 Å². The van der Waals surface area contributed by atoms with Gasteiger partial charge in [0.1, 0.15) is 5.58 Å². The first-order chi connectivity index (χ1) is 9.28. The highest BCUT2D eigenvalue weighted by Gasteiger charge is 2.29. The van der Waals surface area contributed by atoms with E-state index < -0.39 is 0 Å². The molecule has 0 spiro atoms. The predicted octanol–water partition coefficient (Wildman–Crippen LogP) is 2.85. The molecule has 3 rings (SSSR count). The molecule has 2 unspecified atom stereocenters. The van der Waals surface area contributed by atoms with E-state index in [1.165, 1.54) is 0 Å². The Balaban J connectivity index is 1.78. The minimum atomic E-state index is -0.233. The van der Waals surface area contributed by atoms with Crippen molar-refractivity contribution in [3.63, 3.8) is 0 Å². The summed E-state index contributed by atoms with van der Waals surface area (Å²) in [5.41, 5.74) is 0.705. The third kappa shape index (κ3) is 2.19. The van der Waals surface area contributed by atoms with Crippen LogP contribution in [0.5, 0.6) is 0 Å². The average molecular weight is 254 g/mol. The number of para-hydroxylation sites is 1. The van der Waals surface area contributed by atoms with E-state index >= 15 is 0 Å². The van der Waals surface area contributed by atoms with Gasteiger partial charge >= 0.3 is 0 Å². The van der Waals surface area contributed by atoms with Gasteiger partial charge < -0.3 is 9.73 Å². The van der Waals surface area contributed by atoms with Gasteiger partial charge in [-0.05, 0) is 31.4 Å². The molecule has 0 aliphatic heterocycles. The Bertz CT molecular complexity index is 620. The second-order valence-corrected chi connectivity index (χ2v) is 4.89. The quantitative estimate of drug-likeness (QED) is 0.896. The number of nitriles is 1. The van der Waals surface area contributed by atoms with Crippen LogP contribution in [0.2, 0.25) is 0 Å². The number of carbonyl (C=O) groups excluding carboxylic acids is 1. The van der Waals surface area contributed by atoms with Crippen molar-refractivity contribution in [2.75, 3.05) is 0 Å². The molecule has 1 heterocycles. The molecule has 1 aliphatic rings. The Hall–Kier alpha value is -2.28. The monoisotopic (exact) mass is 254 g/mol. The lowest BCUT2D eigenvalue weighted by molar-refractivity contribution is 0.0907. The van der Waals surface area contributed by atoms with Crippen molar-refractivity contribution in [3.8, 4) is 6.07 Å². The fourth-order valence-corrected chi connectivity index (χ4v) is 2.62. The van der Waals surface area contributed by atoms with Crippen molar-refractivity contribution in [2.24, 2.45) is 5.92 Å². The molecule has 0 saturated heterocycles. The summed E-state index contributed by atoms with van der Waals surface area (Å²) >= 11 is 0. The zero-order valence-electron chi connectivity index (χ0n) is 10.4. The van der Waals surface area contributed by atoms with Gasteiger partial charge in [0.05, 0.1) is 12.0 Å². The molecule has 0 bridgehead atoms. The number of hydrogen-bond donors (Lipinski definition) is 1. The van der Waals surface area contributed by atoms with Crippen LogP contribution in [0.15, 0.2) is 34.7 Å². The van der Waals surface area contributed by atoms with Crippen LogP contribution in [-0.4, -0.2) is 11.9 Å². The lowest BCUT2D eigenvalue weighted by Gasteiger charge is -2.14. The fourth-order valence-electron chi connectivity index (χ4n) is 2.62. The lowest BCUT2D eigenvalue weighted by Crippen LogP contribution is -2.36. The molecule has 19 heavy (non-hydrogen) atoms. The number of hydrogen-bond acceptors (Lipinski definition) is 3. The van der Waals surface area contributed by atoms with Crippen molar-refractivity contribution >= 4 is 16.9 Å². The fraction of sp³-hybridized carbons (Fsp3) is 0.333. The third-order valence-corrected chi connectivity index (χ3v) is 3.65. The van der Waals surface area contributed by atoms with Gasteiger partial charge in [0.15, 0.2) is 5.76 Å². The molecule has 2 atom stereocenters. The molecule has 1 fully saturated rings. The maximum absolute atomic E-state index is 12.1. The Labute approximate surface area is 111 Å². The van der Waals surface area contributed by atoms with E-state index in [0.29, 0.717) is 11.3 Å². The molecule has 1 aromatic heterocycles. The van der Waals surface area contributed by atoms with Gasteiger partial charge in [-0.3, -0.25) is 4.79 Å². The first-order valence-corrected chi connectivity index (χ1v) is 6.47. The van der Waals surface area contributed by atoms with Crippen LogP contribution in [0.4, 0.5) is 0 Å². The number of benzene rings is 1. The number of amides is 1. The van der Waals surface area contributed by atoms with Gasteiger partial charge in [0, 0.05) is 11.4 Å². The topological polar surface area (TPSA) is 66.0 Å². The smallest absolute Gasteiger partial charge is 0.287 e. The van der Waals surface area contributed by atoms with Gasteiger partial charge in [0.25, 0.3) is 5.91 Å². The molecule has 4 nitrogen and oxygen atoms in total. The molecule has 0 radical (unpaired) electrons. The van der Waals surface area contributed by atoms with Crippen LogP contribution in [0.25, 0.3) is 11.0 Å². The van der Waals surface area contributed by atoms with Crippen molar-refractivity contribution in [2.45, 2.75) is 25.3 Å². The summed E-state index contributed by atoms with van der Waals surface area (Å²) in [6, 6.07) is 11.5. The Morgan fingerprint density at radius 2 is 2.21 bits per heavy atom.